The third kappa shape index (κ3) is 3.54. The summed E-state index contributed by atoms with van der Waals surface area (Å²) in [6.45, 7) is 5.65. The number of carbonyl (C=O) groups is 1. The van der Waals surface area contributed by atoms with E-state index in [1.54, 1.807) is 22.9 Å². The number of amides is 1. The molecule has 7 heteroatoms. The Kier molecular flexibility index (Phi) is 4.72. The molecule has 1 N–H and O–H groups in total. The summed E-state index contributed by atoms with van der Waals surface area (Å²) in [7, 11) is 0. The summed E-state index contributed by atoms with van der Waals surface area (Å²) in [5, 5.41) is 7.93. The van der Waals surface area contributed by atoms with Gasteiger partial charge in [0.05, 0.1) is 40.0 Å². The number of hydrogen-bond acceptors (Lipinski definition) is 4. The number of hydrogen-bond donors (Lipinski definition) is 1. The van der Waals surface area contributed by atoms with E-state index in [2.05, 4.69) is 15.4 Å². The van der Waals surface area contributed by atoms with Crippen LogP contribution < -0.4 is 10.9 Å². The van der Waals surface area contributed by atoms with E-state index in [-0.39, 0.29) is 18.0 Å². The third-order valence-electron chi connectivity index (χ3n) is 4.88. The Labute approximate surface area is 167 Å². The normalized spacial score (nSPS) is 11.0. The molecule has 0 spiro atoms. The largest absolute Gasteiger partial charge is 0.321 e. The number of benzene rings is 2. The van der Waals surface area contributed by atoms with Gasteiger partial charge in [0.15, 0.2) is 0 Å². The fourth-order valence-electron chi connectivity index (χ4n) is 3.31. The van der Waals surface area contributed by atoms with Gasteiger partial charge in [-0.05, 0) is 45.0 Å². The number of carbonyl (C=O) groups excluding carboxylic acids is 1. The van der Waals surface area contributed by atoms with Gasteiger partial charge >= 0.3 is 0 Å². The van der Waals surface area contributed by atoms with Crippen LogP contribution in [0.15, 0.2) is 59.7 Å². The summed E-state index contributed by atoms with van der Waals surface area (Å²) in [6.07, 6.45) is 1.40. The number of para-hydroxylation sites is 1. The molecule has 0 unspecified atom stereocenters. The monoisotopic (exact) mass is 387 g/mol. The highest BCUT2D eigenvalue weighted by Crippen LogP contribution is 2.23. The highest BCUT2D eigenvalue weighted by atomic mass is 16.2. The van der Waals surface area contributed by atoms with E-state index in [1.165, 1.54) is 16.5 Å². The van der Waals surface area contributed by atoms with Crippen LogP contribution in [0.4, 0.5) is 5.69 Å². The molecule has 146 valence electrons. The lowest BCUT2D eigenvalue weighted by Gasteiger charge is -2.09. The number of nitrogens with zero attached hydrogens (tertiary/aromatic N) is 4. The van der Waals surface area contributed by atoms with Crippen LogP contribution in [-0.4, -0.2) is 25.2 Å². The van der Waals surface area contributed by atoms with E-state index in [0.717, 1.165) is 11.4 Å². The molecule has 2 aromatic carbocycles. The number of rotatable bonds is 4. The molecule has 0 saturated carbocycles. The maximum Gasteiger partial charge on any atom is 0.261 e. The first-order valence-corrected chi connectivity index (χ1v) is 9.31. The van der Waals surface area contributed by atoms with Gasteiger partial charge in [0.2, 0.25) is 5.91 Å². The van der Waals surface area contributed by atoms with Crippen molar-refractivity contribution in [2.75, 3.05) is 5.32 Å². The first kappa shape index (κ1) is 18.6. The zero-order valence-corrected chi connectivity index (χ0v) is 16.5. The minimum absolute atomic E-state index is 0.120. The smallest absolute Gasteiger partial charge is 0.261 e. The van der Waals surface area contributed by atoms with E-state index >= 15 is 0 Å². The number of fused-ring (bicyclic) bond motifs is 1. The fourth-order valence-corrected chi connectivity index (χ4v) is 3.31. The molecule has 0 fully saturated rings. The maximum absolute atomic E-state index is 12.6. The molecule has 2 heterocycles. The first-order valence-electron chi connectivity index (χ1n) is 9.31. The molecule has 0 bridgehead atoms. The van der Waals surface area contributed by atoms with Gasteiger partial charge in [0.25, 0.3) is 5.56 Å². The molecule has 0 aliphatic rings. The zero-order chi connectivity index (χ0) is 20.5. The van der Waals surface area contributed by atoms with Crippen LogP contribution in [0, 0.1) is 20.8 Å². The quantitative estimate of drug-likeness (QED) is 0.583. The lowest BCUT2D eigenvalue weighted by atomic mass is 10.2. The van der Waals surface area contributed by atoms with Crippen LogP contribution in [0.3, 0.4) is 0 Å². The van der Waals surface area contributed by atoms with Crippen molar-refractivity contribution in [1.29, 1.82) is 0 Å². The standard InChI is InChI=1S/C22H21N5O2/c1-14-8-10-17(11-9-14)27-16(3)21(15(2)25-27)24-20(28)12-26-13-23-19-7-5-4-6-18(19)22(26)29/h4-11,13H,12H2,1-3H3,(H,24,28). The fraction of sp³-hybridized carbons (Fsp3) is 0.182. The highest BCUT2D eigenvalue weighted by molar-refractivity contribution is 5.92. The summed E-state index contributed by atoms with van der Waals surface area (Å²) >= 11 is 0. The molecule has 7 nitrogen and oxygen atoms in total. The van der Waals surface area contributed by atoms with Crippen molar-refractivity contribution in [1.82, 2.24) is 19.3 Å². The van der Waals surface area contributed by atoms with Gasteiger partial charge in [0, 0.05) is 0 Å². The summed E-state index contributed by atoms with van der Waals surface area (Å²) < 4.78 is 3.11. The van der Waals surface area contributed by atoms with Gasteiger partial charge in [-0.15, -0.1) is 0 Å². The molecule has 4 rings (SSSR count). The molecule has 0 saturated heterocycles. The zero-order valence-electron chi connectivity index (χ0n) is 16.5. The maximum atomic E-state index is 12.6. The van der Waals surface area contributed by atoms with Gasteiger partial charge in [-0.3, -0.25) is 14.2 Å². The minimum Gasteiger partial charge on any atom is -0.321 e. The van der Waals surface area contributed by atoms with Crippen molar-refractivity contribution in [2.45, 2.75) is 27.3 Å². The van der Waals surface area contributed by atoms with Crippen LogP contribution in [0.2, 0.25) is 0 Å². The summed E-state index contributed by atoms with van der Waals surface area (Å²) in [4.78, 5) is 29.5. The molecule has 0 aliphatic heterocycles. The van der Waals surface area contributed by atoms with Gasteiger partial charge in [0.1, 0.15) is 6.54 Å². The average Bonchev–Trinajstić information content (AvgIpc) is 2.99. The van der Waals surface area contributed by atoms with Crippen LogP contribution in [0.5, 0.6) is 0 Å². The molecule has 2 aromatic heterocycles. The highest BCUT2D eigenvalue weighted by Gasteiger charge is 2.16. The summed E-state index contributed by atoms with van der Waals surface area (Å²) in [6, 6.07) is 15.1. The van der Waals surface area contributed by atoms with Crippen molar-refractivity contribution in [3.63, 3.8) is 0 Å². The second-order valence-electron chi connectivity index (χ2n) is 7.04. The Morgan fingerprint density at radius 2 is 1.76 bits per heavy atom. The Morgan fingerprint density at radius 1 is 1.03 bits per heavy atom. The molecular formula is C22H21N5O2. The lowest BCUT2D eigenvalue weighted by Crippen LogP contribution is -2.28. The Morgan fingerprint density at radius 3 is 2.52 bits per heavy atom. The summed E-state index contributed by atoms with van der Waals surface area (Å²) in [5.41, 5.74) is 4.64. The van der Waals surface area contributed by atoms with Gasteiger partial charge in [-0.2, -0.15) is 5.10 Å². The Balaban J connectivity index is 1.58. The molecule has 29 heavy (non-hydrogen) atoms. The van der Waals surface area contributed by atoms with Crippen LogP contribution in [-0.2, 0) is 11.3 Å². The molecule has 0 aliphatic carbocycles. The van der Waals surface area contributed by atoms with E-state index in [0.29, 0.717) is 22.3 Å². The van der Waals surface area contributed by atoms with Crippen LogP contribution >= 0.6 is 0 Å². The van der Waals surface area contributed by atoms with Crippen LogP contribution in [0.1, 0.15) is 17.0 Å². The predicted molar refractivity (Wildman–Crippen MR) is 112 cm³/mol. The van der Waals surface area contributed by atoms with Crippen molar-refractivity contribution >= 4 is 22.5 Å². The number of aromatic nitrogens is 4. The third-order valence-corrected chi connectivity index (χ3v) is 4.88. The Bertz CT molecular complexity index is 1270. The van der Waals surface area contributed by atoms with E-state index < -0.39 is 0 Å². The summed E-state index contributed by atoms with van der Waals surface area (Å²) in [5.74, 6) is -0.307. The van der Waals surface area contributed by atoms with Crippen molar-refractivity contribution in [3.8, 4) is 5.69 Å². The van der Waals surface area contributed by atoms with E-state index in [1.807, 2.05) is 51.1 Å². The molecule has 1 amide bonds. The lowest BCUT2D eigenvalue weighted by molar-refractivity contribution is -0.116. The van der Waals surface area contributed by atoms with E-state index in [4.69, 9.17) is 0 Å². The van der Waals surface area contributed by atoms with Gasteiger partial charge < -0.3 is 5.32 Å². The SMILES string of the molecule is Cc1ccc(-n2nc(C)c(NC(=O)Cn3cnc4ccccc4c3=O)c2C)cc1. The van der Waals surface area contributed by atoms with Crippen molar-refractivity contribution in [2.24, 2.45) is 0 Å². The topological polar surface area (TPSA) is 81.8 Å². The average molecular weight is 387 g/mol. The second-order valence-corrected chi connectivity index (χ2v) is 7.04. The minimum atomic E-state index is -0.307. The first-order chi connectivity index (χ1) is 13.9. The predicted octanol–water partition coefficient (Wildman–Crippen LogP) is 3.15. The van der Waals surface area contributed by atoms with Gasteiger partial charge in [-0.25, -0.2) is 9.67 Å². The van der Waals surface area contributed by atoms with Crippen molar-refractivity contribution < 1.29 is 4.79 Å². The molecular weight excluding hydrogens is 366 g/mol. The molecule has 4 aromatic rings. The van der Waals surface area contributed by atoms with E-state index in [9.17, 15) is 9.59 Å². The number of anilines is 1. The van der Waals surface area contributed by atoms with Crippen molar-refractivity contribution in [3.05, 3.63) is 82.2 Å². The number of aryl methyl sites for hydroxylation is 2. The second kappa shape index (κ2) is 7.35. The van der Waals surface area contributed by atoms with Crippen LogP contribution in [0.25, 0.3) is 16.6 Å². The number of nitrogens with one attached hydrogen (secondary N) is 1. The Hall–Kier alpha value is -3.74. The molecule has 0 atom stereocenters. The molecule has 0 radical (unpaired) electrons. The van der Waals surface area contributed by atoms with Gasteiger partial charge in [-0.1, -0.05) is 29.8 Å².